The Morgan fingerprint density at radius 2 is 1.60 bits per heavy atom. The van der Waals surface area contributed by atoms with E-state index in [1.807, 2.05) is 36.4 Å². The number of aromatic carboxylic acids is 1. The number of anilines is 1. The van der Waals surface area contributed by atoms with Crippen molar-refractivity contribution in [3.05, 3.63) is 99.5 Å². The first kappa shape index (κ1) is 24.2. The molecule has 0 heterocycles. The fourth-order valence-corrected chi connectivity index (χ4v) is 4.54. The molecule has 0 spiro atoms. The van der Waals surface area contributed by atoms with E-state index in [1.54, 1.807) is 19.1 Å². The number of para-hydroxylation sites is 1. The quantitative estimate of drug-likeness (QED) is 0.343. The number of ether oxygens (including phenoxy) is 1. The number of alkyl carbamates (subject to hydrolysis) is 1. The second-order valence-corrected chi connectivity index (χ2v) is 8.87. The molecule has 0 saturated heterocycles. The maximum Gasteiger partial charge on any atom is 0.407 e. The number of carboxylic acids is 1. The van der Waals surface area contributed by atoms with Gasteiger partial charge in [0.25, 0.3) is 5.91 Å². The standard InChI is InChI=1S/C27H23BrN2O5/c1-16(25(31)30-24-21(26(32)33)11-6-12-23(24)28)13-14-29-27(34)35-15-22-19-9-4-2-7-17(19)18-8-3-5-10-20(18)22/h2-13,22H,14-15H2,1H3,(H,29,34)(H,30,31)(H,32,33)/b16-13+. The number of halogens is 1. The summed E-state index contributed by atoms with van der Waals surface area (Å²) in [4.78, 5) is 36.2. The number of carboxylic acid groups (broad SMARTS) is 1. The van der Waals surface area contributed by atoms with Gasteiger partial charge in [-0.15, -0.1) is 0 Å². The van der Waals surface area contributed by atoms with Crippen LogP contribution in [0.25, 0.3) is 11.1 Å². The van der Waals surface area contributed by atoms with Crippen molar-refractivity contribution >= 4 is 39.6 Å². The van der Waals surface area contributed by atoms with E-state index >= 15 is 0 Å². The summed E-state index contributed by atoms with van der Waals surface area (Å²) in [5, 5.41) is 14.6. The molecule has 7 nitrogen and oxygen atoms in total. The van der Waals surface area contributed by atoms with Crippen molar-refractivity contribution < 1.29 is 24.2 Å². The molecule has 3 N–H and O–H groups in total. The highest BCUT2D eigenvalue weighted by molar-refractivity contribution is 9.10. The second-order valence-electron chi connectivity index (χ2n) is 8.02. The number of fused-ring (bicyclic) bond motifs is 3. The molecule has 3 aromatic rings. The Morgan fingerprint density at radius 3 is 2.23 bits per heavy atom. The first-order valence-electron chi connectivity index (χ1n) is 11.0. The lowest BCUT2D eigenvalue weighted by Crippen LogP contribution is -2.27. The predicted molar refractivity (Wildman–Crippen MR) is 137 cm³/mol. The molecule has 2 amide bonds. The van der Waals surface area contributed by atoms with Crippen molar-refractivity contribution in [3.8, 4) is 11.1 Å². The van der Waals surface area contributed by atoms with Crippen LogP contribution in [0, 0.1) is 0 Å². The van der Waals surface area contributed by atoms with Crippen molar-refractivity contribution in [1.82, 2.24) is 5.32 Å². The minimum Gasteiger partial charge on any atom is -0.478 e. The third-order valence-electron chi connectivity index (χ3n) is 5.84. The molecule has 0 bridgehead atoms. The first-order chi connectivity index (χ1) is 16.9. The summed E-state index contributed by atoms with van der Waals surface area (Å²) < 4.78 is 5.94. The minimum absolute atomic E-state index is 0.0303. The molecule has 0 radical (unpaired) electrons. The fourth-order valence-electron chi connectivity index (χ4n) is 4.07. The molecular weight excluding hydrogens is 512 g/mol. The van der Waals surface area contributed by atoms with Gasteiger partial charge in [0.15, 0.2) is 0 Å². The van der Waals surface area contributed by atoms with Crippen LogP contribution < -0.4 is 10.6 Å². The number of amides is 2. The largest absolute Gasteiger partial charge is 0.478 e. The number of rotatable bonds is 7. The number of hydrogen-bond donors (Lipinski definition) is 3. The zero-order chi connectivity index (χ0) is 24.9. The van der Waals surface area contributed by atoms with Gasteiger partial charge in [-0.25, -0.2) is 9.59 Å². The lowest BCUT2D eigenvalue weighted by molar-refractivity contribution is -0.112. The fraction of sp³-hybridized carbons (Fsp3) is 0.148. The summed E-state index contributed by atoms with van der Waals surface area (Å²) in [7, 11) is 0. The number of nitrogens with one attached hydrogen (secondary N) is 2. The normalized spacial score (nSPS) is 12.5. The van der Waals surface area contributed by atoms with Crippen molar-refractivity contribution in [2.45, 2.75) is 12.8 Å². The van der Waals surface area contributed by atoms with Crippen molar-refractivity contribution in [1.29, 1.82) is 0 Å². The van der Waals surface area contributed by atoms with Crippen molar-refractivity contribution in [2.24, 2.45) is 0 Å². The summed E-state index contributed by atoms with van der Waals surface area (Å²) >= 11 is 3.26. The van der Waals surface area contributed by atoms with E-state index in [2.05, 4.69) is 38.7 Å². The van der Waals surface area contributed by atoms with Crippen LogP contribution in [0.4, 0.5) is 10.5 Å². The van der Waals surface area contributed by atoms with Crippen LogP contribution in [0.2, 0.25) is 0 Å². The third kappa shape index (κ3) is 5.27. The second kappa shape index (κ2) is 10.6. The van der Waals surface area contributed by atoms with Gasteiger partial charge < -0.3 is 20.5 Å². The summed E-state index contributed by atoms with van der Waals surface area (Å²) in [5.74, 6) is -1.67. The molecule has 178 valence electrons. The lowest BCUT2D eigenvalue weighted by Gasteiger charge is -2.14. The monoisotopic (exact) mass is 534 g/mol. The molecule has 0 fully saturated rings. The van der Waals surface area contributed by atoms with E-state index in [1.165, 1.54) is 12.1 Å². The van der Waals surface area contributed by atoms with Gasteiger partial charge in [0, 0.05) is 22.5 Å². The van der Waals surface area contributed by atoms with E-state index < -0.39 is 18.0 Å². The average Bonchev–Trinajstić information content (AvgIpc) is 3.17. The Hall–Kier alpha value is -3.91. The van der Waals surface area contributed by atoms with E-state index in [-0.39, 0.29) is 30.3 Å². The van der Waals surface area contributed by atoms with Crippen LogP contribution in [0.1, 0.15) is 34.3 Å². The summed E-state index contributed by atoms with van der Waals surface area (Å²) in [6.45, 7) is 1.85. The minimum atomic E-state index is -1.15. The lowest BCUT2D eigenvalue weighted by atomic mass is 9.98. The van der Waals surface area contributed by atoms with Crippen LogP contribution in [0.5, 0.6) is 0 Å². The van der Waals surface area contributed by atoms with Gasteiger partial charge in [0.05, 0.1) is 11.3 Å². The maximum atomic E-state index is 12.5. The van der Waals surface area contributed by atoms with Crippen molar-refractivity contribution in [3.63, 3.8) is 0 Å². The number of hydrogen-bond acceptors (Lipinski definition) is 4. The summed E-state index contributed by atoms with van der Waals surface area (Å²) in [6.07, 6.45) is 0.948. The van der Waals surface area contributed by atoms with E-state index in [4.69, 9.17) is 4.74 Å². The van der Waals surface area contributed by atoms with Crippen LogP contribution in [0.15, 0.2) is 82.9 Å². The Balaban J connectivity index is 1.32. The van der Waals surface area contributed by atoms with Crippen LogP contribution in [-0.2, 0) is 9.53 Å². The predicted octanol–water partition coefficient (Wildman–Crippen LogP) is 5.57. The number of benzene rings is 3. The molecule has 0 saturated carbocycles. The number of carbonyl (C=O) groups is 3. The Morgan fingerprint density at radius 1 is 0.971 bits per heavy atom. The van der Waals surface area contributed by atoms with Crippen LogP contribution >= 0.6 is 15.9 Å². The topological polar surface area (TPSA) is 105 Å². The third-order valence-corrected chi connectivity index (χ3v) is 6.50. The van der Waals surface area contributed by atoms with Gasteiger partial charge in [-0.2, -0.15) is 0 Å². The van der Waals surface area contributed by atoms with Gasteiger partial charge in [-0.3, -0.25) is 4.79 Å². The molecule has 35 heavy (non-hydrogen) atoms. The van der Waals surface area contributed by atoms with Gasteiger partial charge in [0.1, 0.15) is 6.61 Å². The van der Waals surface area contributed by atoms with E-state index in [0.29, 0.717) is 10.0 Å². The van der Waals surface area contributed by atoms with Gasteiger partial charge >= 0.3 is 12.1 Å². The van der Waals surface area contributed by atoms with Gasteiger partial charge in [0.2, 0.25) is 0 Å². The summed E-state index contributed by atoms with van der Waals surface area (Å²) in [5.41, 5.74) is 5.01. The maximum absolute atomic E-state index is 12.5. The van der Waals surface area contributed by atoms with Crippen LogP contribution in [0.3, 0.4) is 0 Å². The van der Waals surface area contributed by atoms with E-state index in [0.717, 1.165) is 22.3 Å². The molecule has 1 aliphatic rings. The summed E-state index contributed by atoms with van der Waals surface area (Å²) in [6, 6.07) is 20.8. The molecular formula is C27H23BrN2O5. The molecule has 0 aliphatic heterocycles. The molecule has 1 aliphatic carbocycles. The Kier molecular flexibility index (Phi) is 7.31. The average molecular weight is 535 g/mol. The van der Waals surface area contributed by atoms with Gasteiger partial charge in [-0.1, -0.05) is 60.7 Å². The molecule has 8 heteroatoms. The van der Waals surface area contributed by atoms with Gasteiger partial charge in [-0.05, 0) is 57.2 Å². The molecule has 0 aromatic heterocycles. The first-order valence-corrected chi connectivity index (χ1v) is 11.7. The Labute approximate surface area is 210 Å². The zero-order valence-electron chi connectivity index (χ0n) is 18.9. The molecule has 3 aromatic carbocycles. The smallest absolute Gasteiger partial charge is 0.407 e. The SMILES string of the molecule is C/C(=C\CNC(=O)OCC1c2ccccc2-c2ccccc21)C(=O)Nc1c(Br)cccc1C(=O)O. The van der Waals surface area contributed by atoms with Crippen molar-refractivity contribution in [2.75, 3.05) is 18.5 Å². The molecule has 0 unspecified atom stereocenters. The number of carbonyl (C=O) groups excluding carboxylic acids is 2. The highest BCUT2D eigenvalue weighted by atomic mass is 79.9. The molecule has 0 atom stereocenters. The Bertz CT molecular complexity index is 1290. The van der Waals surface area contributed by atoms with Crippen LogP contribution in [-0.4, -0.2) is 36.2 Å². The molecule has 4 rings (SSSR count). The zero-order valence-corrected chi connectivity index (χ0v) is 20.5. The highest BCUT2D eigenvalue weighted by Crippen LogP contribution is 2.44. The highest BCUT2D eigenvalue weighted by Gasteiger charge is 2.28. The van der Waals surface area contributed by atoms with E-state index in [9.17, 15) is 19.5 Å².